The Balaban J connectivity index is 2.08. The molecule has 6 heteroatoms. The third-order valence-corrected chi connectivity index (χ3v) is 3.90. The average Bonchev–Trinajstić information content (AvgIpc) is 2.67. The molecule has 0 radical (unpaired) electrons. The third kappa shape index (κ3) is 3.55. The van der Waals surface area contributed by atoms with Crippen molar-refractivity contribution in [3.05, 3.63) is 53.0 Å². The van der Waals surface area contributed by atoms with Crippen molar-refractivity contribution in [1.29, 1.82) is 0 Å². The maximum Gasteiger partial charge on any atom is 0.323 e. The number of allylic oxidation sites excluding steroid dienone is 2. The molecule has 20 heavy (non-hydrogen) atoms. The van der Waals surface area contributed by atoms with Crippen molar-refractivity contribution in [3.63, 3.8) is 0 Å². The number of carbonyl (C=O) groups is 2. The number of hydrogen-bond acceptors (Lipinski definition) is 4. The summed E-state index contributed by atoms with van der Waals surface area (Å²) in [7, 11) is 0. The first-order chi connectivity index (χ1) is 9.58. The lowest BCUT2D eigenvalue weighted by Gasteiger charge is -2.09. The van der Waals surface area contributed by atoms with E-state index in [4.69, 9.17) is 17.3 Å². The van der Waals surface area contributed by atoms with Crippen LogP contribution in [-0.2, 0) is 9.59 Å². The Morgan fingerprint density at radius 3 is 2.70 bits per heavy atom. The first-order valence-electron chi connectivity index (χ1n) is 5.77. The molecule has 0 saturated carbocycles. The number of nitrogens with zero attached hydrogens (tertiary/aromatic N) is 1. The van der Waals surface area contributed by atoms with Crippen LogP contribution in [0.25, 0.3) is 6.08 Å². The van der Waals surface area contributed by atoms with Crippen LogP contribution < -0.4 is 0 Å². The molecule has 1 aliphatic rings. The molecule has 0 spiro atoms. The molecule has 1 N–H and O–H groups in total. The molecule has 0 bridgehead atoms. The first kappa shape index (κ1) is 14.5. The second-order valence-electron chi connectivity index (χ2n) is 3.95. The molecule has 0 aliphatic carbocycles. The first-order valence-corrected chi connectivity index (χ1v) is 6.99. The number of benzene rings is 1. The summed E-state index contributed by atoms with van der Waals surface area (Å²) in [5, 5.41) is 8.72. The zero-order valence-electron chi connectivity index (χ0n) is 10.4. The Hall–Kier alpha value is -1.92. The highest BCUT2D eigenvalue weighted by molar-refractivity contribution is 8.26. The van der Waals surface area contributed by atoms with Crippen molar-refractivity contribution in [3.8, 4) is 0 Å². The van der Waals surface area contributed by atoms with Gasteiger partial charge >= 0.3 is 5.97 Å². The molecule has 1 aliphatic heterocycles. The molecule has 1 heterocycles. The minimum absolute atomic E-state index is 0.275. The van der Waals surface area contributed by atoms with Gasteiger partial charge in [0.25, 0.3) is 5.91 Å². The van der Waals surface area contributed by atoms with Crippen molar-refractivity contribution in [1.82, 2.24) is 4.90 Å². The molecule has 1 aromatic rings. The van der Waals surface area contributed by atoms with Gasteiger partial charge in [0.1, 0.15) is 10.9 Å². The Kier molecular flexibility index (Phi) is 4.70. The molecule has 1 aromatic carbocycles. The highest BCUT2D eigenvalue weighted by Crippen LogP contribution is 2.30. The van der Waals surface area contributed by atoms with E-state index in [1.54, 1.807) is 12.2 Å². The normalized spacial score (nSPS) is 17.4. The number of rotatable bonds is 4. The number of hydrogen-bond donors (Lipinski definition) is 1. The summed E-state index contributed by atoms with van der Waals surface area (Å²) in [6.45, 7) is -0.398. The SMILES string of the molecule is O=C(O)CN1C(=O)/C(=C/C=C\c2ccccc2)SC1=S. The summed E-state index contributed by atoms with van der Waals surface area (Å²) in [6.07, 6.45) is 5.26. The van der Waals surface area contributed by atoms with Crippen molar-refractivity contribution in [2.24, 2.45) is 0 Å². The Morgan fingerprint density at radius 2 is 2.05 bits per heavy atom. The lowest BCUT2D eigenvalue weighted by molar-refractivity contribution is -0.140. The predicted molar refractivity (Wildman–Crippen MR) is 83.1 cm³/mol. The second kappa shape index (κ2) is 6.49. The average molecular weight is 305 g/mol. The molecule has 102 valence electrons. The van der Waals surface area contributed by atoms with Crippen LogP contribution in [0, 0.1) is 0 Å². The van der Waals surface area contributed by atoms with E-state index in [-0.39, 0.29) is 10.2 Å². The second-order valence-corrected chi connectivity index (χ2v) is 5.63. The molecular weight excluding hydrogens is 294 g/mol. The Bertz CT molecular complexity index is 608. The monoisotopic (exact) mass is 305 g/mol. The van der Waals surface area contributed by atoms with Crippen LogP contribution in [0.2, 0.25) is 0 Å². The van der Waals surface area contributed by atoms with Crippen LogP contribution in [0.3, 0.4) is 0 Å². The molecule has 0 aromatic heterocycles. The van der Waals surface area contributed by atoms with Gasteiger partial charge < -0.3 is 5.11 Å². The maximum absolute atomic E-state index is 11.9. The lowest BCUT2D eigenvalue weighted by Crippen LogP contribution is -2.33. The zero-order valence-corrected chi connectivity index (χ0v) is 12.0. The molecular formula is C14H11NO3S2. The highest BCUT2D eigenvalue weighted by Gasteiger charge is 2.32. The molecule has 4 nitrogen and oxygen atoms in total. The number of thiocarbonyl (C=S) groups is 1. The maximum atomic E-state index is 11.9. The molecule has 0 atom stereocenters. The van der Waals surface area contributed by atoms with Crippen molar-refractivity contribution in [2.75, 3.05) is 6.54 Å². The van der Waals surface area contributed by atoms with E-state index in [2.05, 4.69) is 0 Å². The smallest absolute Gasteiger partial charge is 0.323 e. The van der Waals surface area contributed by atoms with Crippen LogP contribution in [0.4, 0.5) is 0 Å². The Labute approximate surface area is 125 Å². The van der Waals surface area contributed by atoms with E-state index >= 15 is 0 Å². The number of amides is 1. The summed E-state index contributed by atoms with van der Waals surface area (Å²) in [4.78, 5) is 24.1. The zero-order chi connectivity index (χ0) is 14.5. The van der Waals surface area contributed by atoms with Gasteiger partial charge in [-0.2, -0.15) is 0 Å². The van der Waals surface area contributed by atoms with Gasteiger partial charge in [0.05, 0.1) is 4.91 Å². The highest BCUT2D eigenvalue weighted by atomic mass is 32.2. The van der Waals surface area contributed by atoms with Crippen molar-refractivity contribution < 1.29 is 14.7 Å². The van der Waals surface area contributed by atoms with E-state index in [0.29, 0.717) is 4.91 Å². The molecule has 1 saturated heterocycles. The Morgan fingerprint density at radius 1 is 1.35 bits per heavy atom. The molecule has 1 amide bonds. The van der Waals surface area contributed by atoms with Crippen molar-refractivity contribution in [2.45, 2.75) is 0 Å². The molecule has 0 unspecified atom stereocenters. The van der Waals surface area contributed by atoms with Gasteiger partial charge in [0.15, 0.2) is 0 Å². The van der Waals surface area contributed by atoms with Gasteiger partial charge in [-0.15, -0.1) is 0 Å². The lowest BCUT2D eigenvalue weighted by atomic mass is 10.2. The standard InChI is InChI=1S/C14H11NO3S2/c16-12(17)9-15-13(18)11(20-14(15)19)8-4-7-10-5-2-1-3-6-10/h1-8H,9H2,(H,16,17)/b7-4-,11-8-. The van der Waals surface area contributed by atoms with Crippen LogP contribution >= 0.6 is 24.0 Å². The number of aliphatic carboxylic acids is 1. The van der Waals surface area contributed by atoms with Crippen LogP contribution in [0.15, 0.2) is 47.4 Å². The van der Waals surface area contributed by atoms with E-state index < -0.39 is 12.5 Å². The third-order valence-electron chi connectivity index (χ3n) is 2.50. The van der Waals surface area contributed by atoms with Crippen molar-refractivity contribution >= 4 is 46.3 Å². The van der Waals surface area contributed by atoms with Gasteiger partial charge in [-0.3, -0.25) is 14.5 Å². The topological polar surface area (TPSA) is 57.6 Å². The largest absolute Gasteiger partial charge is 0.480 e. The van der Waals surface area contributed by atoms with Crippen LogP contribution in [0.1, 0.15) is 5.56 Å². The summed E-state index contributed by atoms with van der Waals surface area (Å²) < 4.78 is 0.275. The fourth-order valence-corrected chi connectivity index (χ4v) is 2.80. The van der Waals surface area contributed by atoms with Crippen LogP contribution in [0.5, 0.6) is 0 Å². The van der Waals surface area contributed by atoms with Gasteiger partial charge in [-0.05, 0) is 11.6 Å². The van der Waals surface area contributed by atoms with Crippen LogP contribution in [-0.4, -0.2) is 32.7 Å². The number of carboxylic acid groups (broad SMARTS) is 1. The minimum Gasteiger partial charge on any atom is -0.480 e. The quantitative estimate of drug-likeness (QED) is 0.684. The number of carbonyl (C=O) groups excluding carboxylic acids is 1. The predicted octanol–water partition coefficient (Wildman–Crippen LogP) is 2.53. The van der Waals surface area contributed by atoms with Gasteiger partial charge in [-0.1, -0.05) is 66.5 Å². The summed E-state index contributed by atoms with van der Waals surface area (Å²) in [5.41, 5.74) is 1.02. The fraction of sp³-hybridized carbons (Fsp3) is 0.0714. The van der Waals surface area contributed by atoms with E-state index in [1.807, 2.05) is 36.4 Å². The minimum atomic E-state index is -1.08. The molecule has 2 rings (SSSR count). The number of carboxylic acids is 1. The molecule has 1 fully saturated rings. The van der Waals surface area contributed by atoms with E-state index in [1.165, 1.54) is 0 Å². The number of thioether (sulfide) groups is 1. The fourth-order valence-electron chi connectivity index (χ4n) is 1.60. The summed E-state index contributed by atoms with van der Waals surface area (Å²) in [6, 6.07) is 9.66. The van der Waals surface area contributed by atoms with E-state index in [9.17, 15) is 9.59 Å². The van der Waals surface area contributed by atoms with Gasteiger partial charge in [0.2, 0.25) is 0 Å². The van der Waals surface area contributed by atoms with E-state index in [0.717, 1.165) is 22.2 Å². The summed E-state index contributed by atoms with van der Waals surface area (Å²) >= 11 is 6.11. The summed E-state index contributed by atoms with van der Waals surface area (Å²) in [5.74, 6) is -1.44. The van der Waals surface area contributed by atoms with Gasteiger partial charge in [0, 0.05) is 0 Å². The van der Waals surface area contributed by atoms with Gasteiger partial charge in [-0.25, -0.2) is 0 Å².